The van der Waals surface area contributed by atoms with Crippen LogP contribution in [0.1, 0.15) is 43.0 Å². The third kappa shape index (κ3) is 2.96. The third-order valence-electron chi connectivity index (χ3n) is 5.25. The highest BCUT2D eigenvalue weighted by molar-refractivity contribution is 7.15. The fourth-order valence-electron chi connectivity index (χ4n) is 3.64. The first-order valence-electron chi connectivity index (χ1n) is 8.60. The Morgan fingerprint density at radius 2 is 2.17 bits per heavy atom. The molecule has 0 radical (unpaired) electrons. The zero-order chi connectivity index (χ0) is 16.7. The lowest BCUT2D eigenvalue weighted by molar-refractivity contribution is -0.154. The minimum atomic E-state index is -0.988. The molecule has 1 atom stereocenters. The molecular formula is C17H23N3O3S. The number of carbonyl (C=O) groups excluding carboxylic acids is 1. The summed E-state index contributed by atoms with van der Waals surface area (Å²) in [5.74, 6) is 0.134. The minimum Gasteiger partial charge on any atom is -0.467 e. The van der Waals surface area contributed by atoms with Crippen molar-refractivity contribution in [2.45, 2.75) is 44.2 Å². The number of thiazole rings is 1. The molecule has 2 aromatic heterocycles. The molecule has 0 aromatic carbocycles. The zero-order valence-corrected chi connectivity index (χ0v) is 14.7. The number of aliphatic hydroxyl groups is 1. The summed E-state index contributed by atoms with van der Waals surface area (Å²) in [4.78, 5) is 19.8. The van der Waals surface area contributed by atoms with Gasteiger partial charge in [0.05, 0.1) is 18.5 Å². The van der Waals surface area contributed by atoms with E-state index in [4.69, 9.17) is 4.98 Å². The molecule has 1 N–H and O–H groups in total. The number of hydrogen-bond acceptors (Lipinski definition) is 6. The second-order valence-electron chi connectivity index (χ2n) is 6.86. The molecule has 7 heteroatoms. The Bertz CT molecular complexity index is 729. The topological polar surface area (TPSA) is 67.1 Å². The van der Waals surface area contributed by atoms with Crippen LogP contribution in [0.2, 0.25) is 0 Å². The number of fused-ring (bicyclic) bond motifs is 1. The van der Waals surface area contributed by atoms with E-state index in [0.717, 1.165) is 37.4 Å². The quantitative estimate of drug-likeness (QED) is 0.837. The molecule has 1 unspecified atom stereocenters. The van der Waals surface area contributed by atoms with Crippen LogP contribution >= 0.6 is 11.3 Å². The van der Waals surface area contributed by atoms with Gasteiger partial charge in [0.25, 0.3) is 0 Å². The van der Waals surface area contributed by atoms with E-state index in [1.165, 1.54) is 31.3 Å². The largest absolute Gasteiger partial charge is 0.467 e. The van der Waals surface area contributed by atoms with Gasteiger partial charge in [-0.1, -0.05) is 0 Å². The molecule has 130 valence electrons. The lowest BCUT2D eigenvalue weighted by Gasteiger charge is -2.33. The summed E-state index contributed by atoms with van der Waals surface area (Å²) >= 11 is 1.69. The summed E-state index contributed by atoms with van der Waals surface area (Å²) in [5, 5.41) is 12.1. The first-order chi connectivity index (χ1) is 11.7. The van der Waals surface area contributed by atoms with Gasteiger partial charge in [-0.3, -0.25) is 9.30 Å². The number of methoxy groups -OCH3 is 1. The van der Waals surface area contributed by atoms with Crippen molar-refractivity contribution in [3.05, 3.63) is 23.0 Å². The van der Waals surface area contributed by atoms with Crippen molar-refractivity contribution in [1.29, 1.82) is 0 Å². The zero-order valence-electron chi connectivity index (χ0n) is 13.9. The van der Waals surface area contributed by atoms with Gasteiger partial charge < -0.3 is 9.84 Å². The number of imidazole rings is 1. The Labute approximate surface area is 145 Å². The van der Waals surface area contributed by atoms with Crippen LogP contribution in [-0.4, -0.2) is 51.7 Å². The molecule has 3 heterocycles. The van der Waals surface area contributed by atoms with Gasteiger partial charge in [-0.05, 0) is 44.7 Å². The summed E-state index contributed by atoms with van der Waals surface area (Å²) in [5.41, 5.74) is 2.60. The maximum atomic E-state index is 11.5. The number of ether oxygens (including phenoxy) is 1. The monoisotopic (exact) mass is 349 g/mol. The SMILES string of the molecule is COC(=O)C(O)C1CCN(Cc2c(C3CC3)nc3sccn23)CC1. The Balaban J connectivity index is 1.43. The first-order valence-corrected chi connectivity index (χ1v) is 9.48. The molecule has 24 heavy (non-hydrogen) atoms. The van der Waals surface area contributed by atoms with Crippen molar-refractivity contribution in [2.75, 3.05) is 20.2 Å². The molecule has 4 rings (SSSR count). The van der Waals surface area contributed by atoms with Gasteiger partial charge in [-0.25, -0.2) is 9.78 Å². The van der Waals surface area contributed by atoms with E-state index >= 15 is 0 Å². The highest BCUT2D eigenvalue weighted by Gasteiger charge is 2.33. The summed E-state index contributed by atoms with van der Waals surface area (Å²) in [6.07, 6.45) is 5.28. The average Bonchev–Trinajstić information content (AvgIpc) is 3.25. The fourth-order valence-corrected chi connectivity index (χ4v) is 4.38. The molecule has 2 aromatic rings. The Morgan fingerprint density at radius 1 is 1.42 bits per heavy atom. The Kier molecular flexibility index (Phi) is 4.32. The van der Waals surface area contributed by atoms with Crippen LogP contribution in [0.25, 0.3) is 4.96 Å². The second kappa shape index (κ2) is 6.46. The van der Waals surface area contributed by atoms with E-state index in [-0.39, 0.29) is 5.92 Å². The standard InChI is InChI=1S/C17H23N3O3S/c1-23-16(22)15(21)12-4-6-19(7-5-12)10-13-14(11-2-3-11)18-17-20(13)8-9-24-17/h8-9,11-12,15,21H,2-7,10H2,1H3. The van der Waals surface area contributed by atoms with Crippen molar-refractivity contribution in [2.24, 2.45) is 5.92 Å². The number of piperidine rings is 1. The molecule has 0 bridgehead atoms. The van der Waals surface area contributed by atoms with Crippen molar-refractivity contribution >= 4 is 22.3 Å². The van der Waals surface area contributed by atoms with E-state index < -0.39 is 12.1 Å². The molecule has 2 aliphatic rings. The average molecular weight is 349 g/mol. The van der Waals surface area contributed by atoms with Crippen molar-refractivity contribution in [3.63, 3.8) is 0 Å². The van der Waals surface area contributed by atoms with Crippen molar-refractivity contribution < 1.29 is 14.6 Å². The lowest BCUT2D eigenvalue weighted by atomic mass is 9.91. The number of aliphatic hydroxyl groups excluding tert-OH is 1. The smallest absolute Gasteiger partial charge is 0.334 e. The maximum absolute atomic E-state index is 11.5. The van der Waals surface area contributed by atoms with Gasteiger partial charge in [0.2, 0.25) is 0 Å². The van der Waals surface area contributed by atoms with Crippen LogP contribution in [0.3, 0.4) is 0 Å². The van der Waals surface area contributed by atoms with E-state index in [1.807, 2.05) is 0 Å². The van der Waals surface area contributed by atoms with E-state index in [1.54, 1.807) is 11.3 Å². The van der Waals surface area contributed by atoms with Gasteiger partial charge in [0.15, 0.2) is 11.1 Å². The number of aromatic nitrogens is 2. The lowest BCUT2D eigenvalue weighted by Crippen LogP contribution is -2.40. The number of nitrogens with zero attached hydrogens (tertiary/aromatic N) is 3. The molecule has 0 spiro atoms. The second-order valence-corrected chi connectivity index (χ2v) is 7.73. The predicted molar refractivity (Wildman–Crippen MR) is 91.1 cm³/mol. The molecule has 1 aliphatic carbocycles. The fraction of sp³-hybridized carbons (Fsp3) is 0.647. The normalized spacial score (nSPS) is 21.2. The van der Waals surface area contributed by atoms with Gasteiger partial charge in [-0.15, -0.1) is 11.3 Å². The summed E-state index contributed by atoms with van der Waals surface area (Å²) in [6.45, 7) is 2.67. The van der Waals surface area contributed by atoms with Gasteiger partial charge in [0, 0.05) is 24.0 Å². The number of likely N-dealkylation sites (tertiary alicyclic amines) is 1. The first kappa shape index (κ1) is 16.1. The molecule has 2 fully saturated rings. The van der Waals surface area contributed by atoms with Crippen molar-refractivity contribution in [3.8, 4) is 0 Å². The molecule has 1 aliphatic heterocycles. The Hall–Kier alpha value is -1.44. The summed E-state index contributed by atoms with van der Waals surface area (Å²) in [6, 6.07) is 0. The van der Waals surface area contributed by atoms with Crippen LogP contribution < -0.4 is 0 Å². The predicted octanol–water partition coefficient (Wildman–Crippen LogP) is 2.02. The van der Waals surface area contributed by atoms with Crippen LogP contribution in [0.5, 0.6) is 0 Å². The molecule has 1 saturated carbocycles. The third-order valence-corrected chi connectivity index (χ3v) is 6.01. The van der Waals surface area contributed by atoms with Crippen LogP contribution in [0.15, 0.2) is 11.6 Å². The number of carbonyl (C=O) groups is 1. The van der Waals surface area contributed by atoms with Crippen LogP contribution in [0, 0.1) is 5.92 Å². The number of rotatable bonds is 5. The van der Waals surface area contributed by atoms with E-state index in [9.17, 15) is 9.90 Å². The van der Waals surface area contributed by atoms with Gasteiger partial charge in [-0.2, -0.15) is 0 Å². The summed E-state index contributed by atoms with van der Waals surface area (Å²) < 4.78 is 6.88. The highest BCUT2D eigenvalue weighted by Crippen LogP contribution is 2.42. The molecule has 6 nitrogen and oxygen atoms in total. The molecular weight excluding hydrogens is 326 g/mol. The minimum absolute atomic E-state index is 0.00297. The maximum Gasteiger partial charge on any atom is 0.334 e. The van der Waals surface area contributed by atoms with E-state index in [0.29, 0.717) is 5.92 Å². The van der Waals surface area contributed by atoms with Crippen LogP contribution in [0.4, 0.5) is 0 Å². The molecule has 1 saturated heterocycles. The summed E-state index contributed by atoms with van der Waals surface area (Å²) in [7, 11) is 1.33. The van der Waals surface area contributed by atoms with Gasteiger partial charge in [0.1, 0.15) is 0 Å². The van der Waals surface area contributed by atoms with Crippen LogP contribution in [-0.2, 0) is 16.1 Å². The van der Waals surface area contributed by atoms with Gasteiger partial charge >= 0.3 is 5.97 Å². The highest BCUT2D eigenvalue weighted by atomic mass is 32.1. The number of esters is 1. The van der Waals surface area contributed by atoms with E-state index in [2.05, 4.69) is 25.6 Å². The Morgan fingerprint density at radius 3 is 2.83 bits per heavy atom. The van der Waals surface area contributed by atoms with Crippen molar-refractivity contribution in [1.82, 2.24) is 14.3 Å². The molecule has 0 amide bonds. The number of hydrogen-bond donors (Lipinski definition) is 1.